The summed E-state index contributed by atoms with van der Waals surface area (Å²) in [6, 6.07) is 5.53. The van der Waals surface area contributed by atoms with Crippen molar-refractivity contribution in [2.75, 3.05) is 5.32 Å². The van der Waals surface area contributed by atoms with E-state index in [1.165, 1.54) is 12.3 Å². The fourth-order valence-electron chi connectivity index (χ4n) is 1.32. The molecule has 1 N–H and O–H groups in total. The first-order chi connectivity index (χ1) is 7.25. The fourth-order valence-corrected chi connectivity index (χ4v) is 2.03. The lowest BCUT2D eigenvalue weighted by Crippen LogP contribution is -2.06. The second kappa shape index (κ2) is 4.40. The van der Waals surface area contributed by atoms with Gasteiger partial charge in [0.1, 0.15) is 5.82 Å². The Morgan fingerprint density at radius 1 is 1.47 bits per heavy atom. The first-order valence-electron chi connectivity index (χ1n) is 4.66. The van der Waals surface area contributed by atoms with E-state index in [0.29, 0.717) is 0 Å². The van der Waals surface area contributed by atoms with Gasteiger partial charge < -0.3 is 5.32 Å². The predicted octanol–water partition coefficient (Wildman–Crippen LogP) is 3.46. The number of hydrogen-bond acceptors (Lipinski definition) is 3. The van der Waals surface area contributed by atoms with Crippen LogP contribution in [0.5, 0.6) is 0 Å². The van der Waals surface area contributed by atoms with Crippen LogP contribution >= 0.6 is 11.3 Å². The van der Waals surface area contributed by atoms with Crippen molar-refractivity contribution in [3.63, 3.8) is 0 Å². The summed E-state index contributed by atoms with van der Waals surface area (Å²) < 4.78 is 12.9. The second-order valence-electron chi connectivity index (χ2n) is 3.28. The van der Waals surface area contributed by atoms with Crippen LogP contribution in [0, 0.1) is 5.82 Å². The monoisotopic (exact) mass is 222 g/mol. The highest BCUT2D eigenvalue weighted by molar-refractivity contribution is 7.14. The van der Waals surface area contributed by atoms with Gasteiger partial charge in [-0.15, -0.1) is 11.3 Å². The maximum atomic E-state index is 12.9. The Hall–Kier alpha value is -1.42. The average Bonchev–Trinajstić information content (AvgIpc) is 2.70. The van der Waals surface area contributed by atoms with Crippen LogP contribution in [-0.4, -0.2) is 4.98 Å². The zero-order valence-electron chi connectivity index (χ0n) is 8.27. The molecule has 0 saturated heterocycles. The van der Waals surface area contributed by atoms with Gasteiger partial charge in [0.05, 0.1) is 17.2 Å². The van der Waals surface area contributed by atoms with Gasteiger partial charge in [-0.1, -0.05) is 0 Å². The standard InChI is InChI=1S/C11H11FN2S/c1-8(14-11-3-2-4-15-11)9-5-10(12)7-13-6-9/h2-8,14H,1H3/t8-/m0/s1. The van der Waals surface area contributed by atoms with Crippen molar-refractivity contribution in [1.82, 2.24) is 4.98 Å². The van der Waals surface area contributed by atoms with E-state index in [0.717, 1.165) is 10.6 Å². The Labute approximate surface area is 91.8 Å². The minimum absolute atomic E-state index is 0.0619. The minimum Gasteiger partial charge on any atom is -0.370 e. The highest BCUT2D eigenvalue weighted by atomic mass is 32.1. The predicted molar refractivity (Wildman–Crippen MR) is 60.6 cm³/mol. The largest absolute Gasteiger partial charge is 0.370 e. The molecule has 0 spiro atoms. The molecular formula is C11H11FN2S. The van der Waals surface area contributed by atoms with Crippen molar-refractivity contribution in [1.29, 1.82) is 0 Å². The first-order valence-corrected chi connectivity index (χ1v) is 5.54. The SMILES string of the molecule is C[C@H](Nc1cccs1)c1cncc(F)c1. The van der Waals surface area contributed by atoms with Crippen molar-refractivity contribution in [2.24, 2.45) is 0 Å². The summed E-state index contributed by atoms with van der Waals surface area (Å²) >= 11 is 1.62. The van der Waals surface area contributed by atoms with Crippen molar-refractivity contribution < 1.29 is 4.39 Å². The highest BCUT2D eigenvalue weighted by Crippen LogP contribution is 2.22. The molecule has 0 aliphatic carbocycles. The normalized spacial score (nSPS) is 12.4. The molecule has 0 aliphatic rings. The molecule has 2 rings (SSSR count). The van der Waals surface area contributed by atoms with Gasteiger partial charge in [-0.25, -0.2) is 4.39 Å². The van der Waals surface area contributed by atoms with E-state index >= 15 is 0 Å². The van der Waals surface area contributed by atoms with Gasteiger partial charge in [0.2, 0.25) is 0 Å². The molecule has 15 heavy (non-hydrogen) atoms. The molecule has 2 aromatic heterocycles. The topological polar surface area (TPSA) is 24.9 Å². The second-order valence-corrected chi connectivity index (χ2v) is 4.23. The lowest BCUT2D eigenvalue weighted by Gasteiger charge is -2.13. The summed E-state index contributed by atoms with van der Waals surface area (Å²) in [5.41, 5.74) is 0.850. The van der Waals surface area contributed by atoms with Crippen LogP contribution in [-0.2, 0) is 0 Å². The van der Waals surface area contributed by atoms with Gasteiger partial charge in [-0.3, -0.25) is 4.98 Å². The van der Waals surface area contributed by atoms with Gasteiger partial charge in [0, 0.05) is 6.20 Å². The highest BCUT2D eigenvalue weighted by Gasteiger charge is 2.06. The van der Waals surface area contributed by atoms with Crippen LogP contribution < -0.4 is 5.32 Å². The zero-order chi connectivity index (χ0) is 10.7. The molecule has 0 amide bonds. The number of aromatic nitrogens is 1. The average molecular weight is 222 g/mol. The molecule has 4 heteroatoms. The van der Waals surface area contributed by atoms with Crippen molar-refractivity contribution in [3.8, 4) is 0 Å². The Bertz CT molecular complexity index is 428. The number of anilines is 1. The summed E-state index contributed by atoms with van der Waals surface area (Å²) in [5, 5.41) is 6.35. The van der Waals surface area contributed by atoms with E-state index < -0.39 is 0 Å². The van der Waals surface area contributed by atoms with Gasteiger partial charge in [-0.2, -0.15) is 0 Å². The maximum absolute atomic E-state index is 12.9. The quantitative estimate of drug-likeness (QED) is 0.860. The molecular weight excluding hydrogens is 211 g/mol. The van der Waals surface area contributed by atoms with Crippen LogP contribution in [0.2, 0.25) is 0 Å². The first kappa shape index (κ1) is 10.1. The maximum Gasteiger partial charge on any atom is 0.141 e. The molecule has 0 saturated carbocycles. The lowest BCUT2D eigenvalue weighted by molar-refractivity contribution is 0.616. The molecule has 0 bridgehead atoms. The number of nitrogens with zero attached hydrogens (tertiary/aromatic N) is 1. The van der Waals surface area contributed by atoms with Gasteiger partial charge in [0.15, 0.2) is 0 Å². The molecule has 0 unspecified atom stereocenters. The molecule has 0 aromatic carbocycles. The van der Waals surface area contributed by atoms with Crippen LogP contribution in [0.1, 0.15) is 18.5 Å². The van der Waals surface area contributed by atoms with E-state index in [9.17, 15) is 4.39 Å². The van der Waals surface area contributed by atoms with Crippen LogP contribution in [0.25, 0.3) is 0 Å². The molecule has 0 fully saturated rings. The summed E-state index contributed by atoms with van der Waals surface area (Å²) in [6.07, 6.45) is 2.88. The third kappa shape index (κ3) is 2.53. The molecule has 78 valence electrons. The van der Waals surface area contributed by atoms with E-state index in [2.05, 4.69) is 10.3 Å². The summed E-state index contributed by atoms with van der Waals surface area (Å²) in [7, 11) is 0. The summed E-state index contributed by atoms with van der Waals surface area (Å²) in [6.45, 7) is 1.98. The number of pyridine rings is 1. The summed E-state index contributed by atoms with van der Waals surface area (Å²) in [4.78, 5) is 3.82. The lowest BCUT2D eigenvalue weighted by atomic mass is 10.1. The third-order valence-corrected chi connectivity index (χ3v) is 2.91. The Balaban J connectivity index is 2.11. The number of hydrogen-bond donors (Lipinski definition) is 1. The van der Waals surface area contributed by atoms with Crippen LogP contribution in [0.4, 0.5) is 9.39 Å². The van der Waals surface area contributed by atoms with Gasteiger partial charge in [0.25, 0.3) is 0 Å². The molecule has 1 atom stereocenters. The Morgan fingerprint density at radius 2 is 2.33 bits per heavy atom. The Morgan fingerprint density at radius 3 is 3.00 bits per heavy atom. The van der Waals surface area contributed by atoms with Crippen LogP contribution in [0.3, 0.4) is 0 Å². The van der Waals surface area contributed by atoms with E-state index in [-0.39, 0.29) is 11.9 Å². The van der Waals surface area contributed by atoms with E-state index in [4.69, 9.17) is 0 Å². The number of halogens is 1. The fraction of sp³-hybridized carbons (Fsp3) is 0.182. The smallest absolute Gasteiger partial charge is 0.141 e. The number of thiophene rings is 1. The number of nitrogens with one attached hydrogen (secondary N) is 1. The van der Waals surface area contributed by atoms with Crippen molar-refractivity contribution >= 4 is 16.3 Å². The number of rotatable bonds is 3. The molecule has 0 radical (unpaired) electrons. The third-order valence-electron chi connectivity index (χ3n) is 2.11. The molecule has 2 heterocycles. The Kier molecular flexibility index (Phi) is 2.97. The summed E-state index contributed by atoms with van der Waals surface area (Å²) in [5.74, 6) is -0.299. The van der Waals surface area contributed by atoms with Gasteiger partial charge >= 0.3 is 0 Å². The van der Waals surface area contributed by atoms with Gasteiger partial charge in [-0.05, 0) is 36.1 Å². The van der Waals surface area contributed by atoms with Crippen molar-refractivity contribution in [2.45, 2.75) is 13.0 Å². The molecule has 2 nitrogen and oxygen atoms in total. The van der Waals surface area contributed by atoms with E-state index in [1.54, 1.807) is 17.5 Å². The van der Waals surface area contributed by atoms with Crippen LogP contribution in [0.15, 0.2) is 36.0 Å². The van der Waals surface area contributed by atoms with Crippen molar-refractivity contribution in [3.05, 3.63) is 47.4 Å². The molecule has 0 aliphatic heterocycles. The molecule has 2 aromatic rings. The minimum atomic E-state index is -0.299. The zero-order valence-corrected chi connectivity index (χ0v) is 9.09. The van der Waals surface area contributed by atoms with E-state index in [1.807, 2.05) is 24.4 Å².